The van der Waals surface area contributed by atoms with Gasteiger partial charge >= 0.3 is 0 Å². The van der Waals surface area contributed by atoms with E-state index in [-0.39, 0.29) is 11.8 Å². The van der Waals surface area contributed by atoms with Gasteiger partial charge in [-0.2, -0.15) is 0 Å². The Labute approximate surface area is 140 Å². The molecule has 2 aromatic heterocycles. The third-order valence-electron chi connectivity index (χ3n) is 4.50. The molecule has 1 amide bonds. The number of amides is 1. The van der Waals surface area contributed by atoms with Gasteiger partial charge in [0.1, 0.15) is 11.6 Å². The maximum absolute atomic E-state index is 12.8. The molecule has 1 fully saturated rings. The van der Waals surface area contributed by atoms with Crippen LogP contribution in [0.25, 0.3) is 11.0 Å². The monoisotopic (exact) mass is 321 g/mol. The fraction of sp³-hybridized carbons (Fsp3) is 0.333. The molecule has 1 aliphatic heterocycles. The molecular weight excluding hydrogens is 302 g/mol. The highest BCUT2D eigenvalue weighted by Gasteiger charge is 2.29. The number of nitrogens with zero attached hydrogens (tertiary/aromatic N) is 4. The topological polar surface area (TPSA) is 74.8 Å². The van der Waals surface area contributed by atoms with Gasteiger partial charge in [-0.15, -0.1) is 0 Å². The summed E-state index contributed by atoms with van der Waals surface area (Å²) in [6.07, 6.45) is 2.69. The molecule has 0 radical (unpaired) electrons. The van der Waals surface area contributed by atoms with Crippen molar-refractivity contribution in [2.24, 2.45) is 0 Å². The van der Waals surface area contributed by atoms with Crippen molar-refractivity contribution in [2.45, 2.75) is 26.2 Å². The number of carbonyl (C=O) groups is 1. The predicted octanol–water partition coefficient (Wildman–Crippen LogP) is 2.60. The quantitative estimate of drug-likeness (QED) is 0.787. The van der Waals surface area contributed by atoms with Gasteiger partial charge in [-0.05, 0) is 44.5 Å². The van der Waals surface area contributed by atoms with E-state index in [1.54, 1.807) is 6.20 Å². The van der Waals surface area contributed by atoms with Crippen LogP contribution in [0.4, 0.5) is 0 Å². The van der Waals surface area contributed by atoms with E-state index in [0.29, 0.717) is 12.1 Å². The van der Waals surface area contributed by atoms with Gasteiger partial charge in [-0.3, -0.25) is 4.79 Å². The van der Waals surface area contributed by atoms with E-state index in [1.807, 2.05) is 43.0 Å². The Morgan fingerprint density at radius 2 is 2.12 bits per heavy atom. The van der Waals surface area contributed by atoms with Crippen LogP contribution in [-0.4, -0.2) is 43.8 Å². The Balaban J connectivity index is 1.54. The number of carbonyl (C=O) groups excluding carboxylic acids is 1. The van der Waals surface area contributed by atoms with Gasteiger partial charge in [0, 0.05) is 36.5 Å². The number of nitrogens with one attached hydrogen (secondary N) is 1. The molecule has 3 aromatic rings. The summed E-state index contributed by atoms with van der Waals surface area (Å²) in [7, 11) is 0. The summed E-state index contributed by atoms with van der Waals surface area (Å²) < 4.78 is 0. The number of aromatic nitrogens is 4. The van der Waals surface area contributed by atoms with Gasteiger partial charge in [0.15, 0.2) is 0 Å². The fourth-order valence-electron chi connectivity index (χ4n) is 3.27. The Hall–Kier alpha value is -2.76. The van der Waals surface area contributed by atoms with E-state index >= 15 is 0 Å². The first kappa shape index (κ1) is 14.8. The van der Waals surface area contributed by atoms with E-state index < -0.39 is 0 Å². The number of rotatable bonds is 2. The minimum Gasteiger partial charge on any atom is -0.342 e. The van der Waals surface area contributed by atoms with Gasteiger partial charge in [-0.1, -0.05) is 0 Å². The van der Waals surface area contributed by atoms with Crippen LogP contribution in [0.1, 0.15) is 40.0 Å². The van der Waals surface area contributed by atoms with Crippen molar-refractivity contribution in [3.63, 3.8) is 0 Å². The first-order chi connectivity index (χ1) is 11.6. The zero-order valence-electron chi connectivity index (χ0n) is 13.8. The summed E-state index contributed by atoms with van der Waals surface area (Å²) in [6.45, 7) is 5.28. The zero-order chi connectivity index (χ0) is 16.7. The van der Waals surface area contributed by atoms with Crippen LogP contribution in [0.2, 0.25) is 0 Å². The Kier molecular flexibility index (Phi) is 3.52. The molecule has 24 heavy (non-hydrogen) atoms. The SMILES string of the molecule is Cc1ccnc([C@H]2CCN(C(=O)c3ccc4nc(C)[nH]c4c3)C2)n1. The molecule has 0 spiro atoms. The summed E-state index contributed by atoms with van der Waals surface area (Å²) in [5.41, 5.74) is 3.44. The lowest BCUT2D eigenvalue weighted by Gasteiger charge is -2.16. The molecule has 1 atom stereocenters. The van der Waals surface area contributed by atoms with Gasteiger partial charge in [0.25, 0.3) is 5.91 Å². The molecule has 6 nitrogen and oxygen atoms in total. The lowest BCUT2D eigenvalue weighted by atomic mass is 10.1. The van der Waals surface area contributed by atoms with Gasteiger partial charge < -0.3 is 9.88 Å². The summed E-state index contributed by atoms with van der Waals surface area (Å²) in [4.78, 5) is 31.1. The van der Waals surface area contributed by atoms with Crippen LogP contribution in [0.3, 0.4) is 0 Å². The molecule has 0 bridgehead atoms. The van der Waals surface area contributed by atoms with Crippen LogP contribution < -0.4 is 0 Å². The maximum atomic E-state index is 12.8. The molecule has 6 heteroatoms. The van der Waals surface area contributed by atoms with E-state index in [0.717, 1.165) is 41.3 Å². The standard InChI is InChI=1S/C18H19N5O/c1-11-5-7-19-17(20-11)14-6-8-23(10-14)18(24)13-3-4-15-16(9-13)22-12(2)21-15/h3-5,7,9,14H,6,8,10H2,1-2H3,(H,21,22)/t14-/m0/s1. The van der Waals surface area contributed by atoms with Crippen LogP contribution in [0.5, 0.6) is 0 Å². The van der Waals surface area contributed by atoms with Crippen molar-refractivity contribution in [1.29, 1.82) is 0 Å². The first-order valence-corrected chi connectivity index (χ1v) is 8.15. The smallest absolute Gasteiger partial charge is 0.253 e. The molecule has 0 aliphatic carbocycles. The molecule has 3 heterocycles. The second-order valence-corrected chi connectivity index (χ2v) is 6.35. The Bertz CT molecular complexity index is 917. The summed E-state index contributed by atoms with van der Waals surface area (Å²) in [5.74, 6) is 1.96. The van der Waals surface area contributed by atoms with Gasteiger partial charge in [0.2, 0.25) is 0 Å². The van der Waals surface area contributed by atoms with Crippen LogP contribution in [0, 0.1) is 13.8 Å². The number of H-pyrrole nitrogens is 1. The third kappa shape index (κ3) is 2.64. The number of likely N-dealkylation sites (tertiary alicyclic amines) is 1. The Morgan fingerprint density at radius 1 is 1.25 bits per heavy atom. The molecule has 0 unspecified atom stereocenters. The van der Waals surface area contributed by atoms with Crippen LogP contribution >= 0.6 is 0 Å². The average Bonchev–Trinajstić information content (AvgIpc) is 3.19. The molecule has 0 saturated carbocycles. The summed E-state index contributed by atoms with van der Waals surface area (Å²) in [6, 6.07) is 7.52. The van der Waals surface area contributed by atoms with E-state index in [4.69, 9.17) is 0 Å². The third-order valence-corrected chi connectivity index (χ3v) is 4.50. The average molecular weight is 321 g/mol. The zero-order valence-corrected chi connectivity index (χ0v) is 13.8. The molecule has 1 saturated heterocycles. The number of benzene rings is 1. The first-order valence-electron chi connectivity index (χ1n) is 8.15. The maximum Gasteiger partial charge on any atom is 0.253 e. The van der Waals surface area contributed by atoms with Crippen LogP contribution in [-0.2, 0) is 0 Å². The van der Waals surface area contributed by atoms with Crippen molar-refractivity contribution in [1.82, 2.24) is 24.8 Å². The minimum absolute atomic E-state index is 0.0549. The lowest BCUT2D eigenvalue weighted by molar-refractivity contribution is 0.0790. The molecule has 1 aromatic carbocycles. The number of aryl methyl sites for hydroxylation is 2. The van der Waals surface area contributed by atoms with Crippen molar-refractivity contribution in [3.05, 3.63) is 53.4 Å². The second-order valence-electron chi connectivity index (χ2n) is 6.35. The Morgan fingerprint density at radius 3 is 2.96 bits per heavy atom. The van der Waals surface area contributed by atoms with E-state index in [1.165, 1.54) is 0 Å². The number of hydrogen-bond acceptors (Lipinski definition) is 4. The second kappa shape index (κ2) is 5.70. The predicted molar refractivity (Wildman–Crippen MR) is 90.9 cm³/mol. The number of imidazole rings is 1. The van der Waals surface area contributed by atoms with Gasteiger partial charge in [0.05, 0.1) is 11.0 Å². The number of fused-ring (bicyclic) bond motifs is 1. The number of aromatic amines is 1. The van der Waals surface area contributed by atoms with Crippen molar-refractivity contribution >= 4 is 16.9 Å². The van der Waals surface area contributed by atoms with Crippen molar-refractivity contribution in [2.75, 3.05) is 13.1 Å². The highest BCUT2D eigenvalue weighted by molar-refractivity contribution is 5.97. The van der Waals surface area contributed by atoms with E-state index in [2.05, 4.69) is 19.9 Å². The fourth-order valence-corrected chi connectivity index (χ4v) is 3.27. The molecule has 122 valence electrons. The molecule has 1 aliphatic rings. The van der Waals surface area contributed by atoms with Gasteiger partial charge in [-0.25, -0.2) is 15.0 Å². The number of hydrogen-bond donors (Lipinski definition) is 1. The largest absolute Gasteiger partial charge is 0.342 e. The highest BCUT2D eigenvalue weighted by Crippen LogP contribution is 2.26. The van der Waals surface area contributed by atoms with Crippen molar-refractivity contribution < 1.29 is 4.79 Å². The van der Waals surface area contributed by atoms with Crippen LogP contribution in [0.15, 0.2) is 30.5 Å². The molecule has 4 rings (SSSR count). The van der Waals surface area contributed by atoms with E-state index in [9.17, 15) is 4.79 Å². The summed E-state index contributed by atoms with van der Waals surface area (Å²) >= 11 is 0. The molecule has 1 N–H and O–H groups in total. The highest BCUT2D eigenvalue weighted by atomic mass is 16.2. The summed E-state index contributed by atoms with van der Waals surface area (Å²) in [5, 5.41) is 0. The molecular formula is C18H19N5O. The normalized spacial score (nSPS) is 17.6. The minimum atomic E-state index is 0.0549. The lowest BCUT2D eigenvalue weighted by Crippen LogP contribution is -2.28. The van der Waals surface area contributed by atoms with Crippen molar-refractivity contribution in [3.8, 4) is 0 Å².